The number of hydrogen-bond acceptors (Lipinski definition) is 4. The molecule has 2 aromatic heterocycles. The highest BCUT2D eigenvalue weighted by molar-refractivity contribution is 9.10. The van der Waals surface area contributed by atoms with Crippen LogP contribution < -0.4 is 4.90 Å². The quantitative estimate of drug-likeness (QED) is 0.723. The van der Waals surface area contributed by atoms with Gasteiger partial charge in [0, 0.05) is 17.7 Å². The number of fused-ring (bicyclic) bond motifs is 1. The summed E-state index contributed by atoms with van der Waals surface area (Å²) in [6.45, 7) is 0. The molecule has 2 heterocycles. The summed E-state index contributed by atoms with van der Waals surface area (Å²) in [4.78, 5) is 22.0. The zero-order valence-corrected chi connectivity index (χ0v) is 12.2. The number of halogens is 1. The first kappa shape index (κ1) is 12.8. The molecule has 0 bridgehead atoms. The van der Waals surface area contributed by atoms with Gasteiger partial charge in [-0.05, 0) is 40.2 Å². The first-order valence-corrected chi connectivity index (χ1v) is 6.69. The predicted octanol–water partition coefficient (Wildman–Crippen LogP) is 3.26. The van der Waals surface area contributed by atoms with Gasteiger partial charge in [0.2, 0.25) is 0 Å². The number of rotatable bonds is 2. The Balaban J connectivity index is 1.93. The van der Waals surface area contributed by atoms with Crippen molar-refractivity contribution in [3.8, 4) is 0 Å². The summed E-state index contributed by atoms with van der Waals surface area (Å²) in [6, 6.07) is 11.0. The molecule has 0 fully saturated rings. The molecule has 0 N–H and O–H groups in total. The van der Waals surface area contributed by atoms with Gasteiger partial charge in [0.15, 0.2) is 5.58 Å². The first-order chi connectivity index (χ1) is 9.65. The van der Waals surface area contributed by atoms with E-state index in [1.165, 1.54) is 4.90 Å². The molecule has 6 heteroatoms. The Morgan fingerprint density at radius 3 is 2.75 bits per heavy atom. The molecule has 0 aliphatic carbocycles. The number of pyridine rings is 1. The van der Waals surface area contributed by atoms with Crippen molar-refractivity contribution in [3.63, 3.8) is 0 Å². The molecule has 0 aliphatic rings. The maximum Gasteiger partial charge on any atom is 0.305 e. The van der Waals surface area contributed by atoms with Crippen molar-refractivity contribution in [1.29, 1.82) is 0 Å². The zero-order chi connectivity index (χ0) is 14.1. The van der Waals surface area contributed by atoms with Crippen LogP contribution in [0.5, 0.6) is 0 Å². The topological polar surface area (TPSA) is 59.2 Å². The van der Waals surface area contributed by atoms with E-state index in [1.54, 1.807) is 25.4 Å². The highest BCUT2D eigenvalue weighted by atomic mass is 79.9. The average molecular weight is 332 g/mol. The average Bonchev–Trinajstić information content (AvgIpc) is 2.90. The Hall–Kier alpha value is -2.21. The van der Waals surface area contributed by atoms with Crippen LogP contribution in [0, 0.1) is 0 Å². The van der Waals surface area contributed by atoms with Crippen molar-refractivity contribution in [2.45, 2.75) is 0 Å². The maximum atomic E-state index is 12.3. The van der Waals surface area contributed by atoms with E-state index in [1.807, 2.05) is 24.3 Å². The summed E-state index contributed by atoms with van der Waals surface area (Å²) in [5, 5.41) is 0. The lowest BCUT2D eigenvalue weighted by Crippen LogP contribution is -2.27. The van der Waals surface area contributed by atoms with Gasteiger partial charge in [-0.3, -0.25) is 9.69 Å². The van der Waals surface area contributed by atoms with Gasteiger partial charge in [-0.15, -0.1) is 0 Å². The fourth-order valence-corrected chi connectivity index (χ4v) is 2.00. The lowest BCUT2D eigenvalue weighted by molar-refractivity contribution is 0.0983. The van der Waals surface area contributed by atoms with Gasteiger partial charge in [0.05, 0.1) is 0 Å². The molecule has 20 heavy (non-hydrogen) atoms. The molecule has 0 spiro atoms. The zero-order valence-electron chi connectivity index (χ0n) is 10.6. The number of amides is 1. The van der Waals surface area contributed by atoms with Crippen LogP contribution in [-0.2, 0) is 0 Å². The highest BCUT2D eigenvalue weighted by Gasteiger charge is 2.19. The Bertz CT molecular complexity index is 734. The van der Waals surface area contributed by atoms with Crippen molar-refractivity contribution >= 4 is 39.0 Å². The maximum absolute atomic E-state index is 12.3. The molecule has 0 aliphatic heterocycles. The second-order valence-electron chi connectivity index (χ2n) is 4.19. The number of nitrogens with zero attached hydrogens (tertiary/aromatic N) is 3. The molecule has 1 aromatic carbocycles. The second kappa shape index (κ2) is 5.05. The van der Waals surface area contributed by atoms with Crippen molar-refractivity contribution in [2.24, 2.45) is 0 Å². The minimum atomic E-state index is -0.274. The molecule has 0 radical (unpaired) electrons. The van der Waals surface area contributed by atoms with Gasteiger partial charge in [0.25, 0.3) is 5.91 Å². The van der Waals surface area contributed by atoms with Crippen molar-refractivity contribution in [1.82, 2.24) is 9.97 Å². The van der Waals surface area contributed by atoms with E-state index in [9.17, 15) is 4.79 Å². The molecule has 5 nitrogen and oxygen atoms in total. The molecular formula is C14H10BrN3O2. The fraction of sp³-hybridized carbons (Fsp3) is 0.0714. The third-order valence-electron chi connectivity index (χ3n) is 2.82. The first-order valence-electron chi connectivity index (χ1n) is 5.90. The van der Waals surface area contributed by atoms with E-state index in [4.69, 9.17) is 4.42 Å². The van der Waals surface area contributed by atoms with Crippen LogP contribution >= 0.6 is 15.9 Å². The number of oxazole rings is 1. The van der Waals surface area contributed by atoms with E-state index in [2.05, 4.69) is 25.9 Å². The standard InChI is InChI=1S/C14H10BrN3O2/c1-18(13(19)11-7-6-9(15)8-16-11)14-17-10-4-2-3-5-12(10)20-14/h2-8H,1H3. The minimum absolute atomic E-state index is 0.251. The molecule has 0 saturated heterocycles. The smallest absolute Gasteiger partial charge is 0.305 e. The summed E-state index contributed by atoms with van der Waals surface area (Å²) in [7, 11) is 1.61. The number of carbonyl (C=O) groups excluding carboxylic acids is 1. The normalized spacial score (nSPS) is 10.7. The van der Waals surface area contributed by atoms with Gasteiger partial charge in [-0.2, -0.15) is 4.98 Å². The van der Waals surface area contributed by atoms with Crippen molar-refractivity contribution in [2.75, 3.05) is 11.9 Å². The number of carbonyl (C=O) groups is 1. The van der Waals surface area contributed by atoms with Gasteiger partial charge in [-0.25, -0.2) is 4.98 Å². The molecule has 0 saturated carbocycles. The van der Waals surface area contributed by atoms with Crippen molar-refractivity contribution in [3.05, 3.63) is 52.8 Å². The van der Waals surface area contributed by atoms with Gasteiger partial charge in [-0.1, -0.05) is 12.1 Å². The Morgan fingerprint density at radius 2 is 2.05 bits per heavy atom. The van der Waals surface area contributed by atoms with Crippen LogP contribution in [0.3, 0.4) is 0 Å². The van der Waals surface area contributed by atoms with Gasteiger partial charge >= 0.3 is 6.01 Å². The van der Waals surface area contributed by atoms with Crippen LogP contribution in [0.15, 0.2) is 51.5 Å². The predicted molar refractivity (Wildman–Crippen MR) is 78.7 cm³/mol. The van der Waals surface area contributed by atoms with Crippen LogP contribution in [0.1, 0.15) is 10.5 Å². The SMILES string of the molecule is CN(C(=O)c1ccc(Br)cn1)c1nc2ccccc2o1. The number of aromatic nitrogens is 2. The fourth-order valence-electron chi connectivity index (χ4n) is 1.76. The molecule has 1 amide bonds. The second-order valence-corrected chi connectivity index (χ2v) is 5.11. The van der Waals surface area contributed by atoms with Gasteiger partial charge in [0.1, 0.15) is 11.2 Å². The van der Waals surface area contributed by atoms with Crippen molar-refractivity contribution < 1.29 is 9.21 Å². The highest BCUT2D eigenvalue weighted by Crippen LogP contribution is 2.21. The molecule has 3 rings (SSSR count). The number of para-hydroxylation sites is 2. The third-order valence-corrected chi connectivity index (χ3v) is 3.29. The molecule has 0 unspecified atom stereocenters. The van der Waals surface area contributed by atoms with E-state index in [0.29, 0.717) is 16.8 Å². The van der Waals surface area contributed by atoms with Crippen LogP contribution in [0.2, 0.25) is 0 Å². The summed E-state index contributed by atoms with van der Waals surface area (Å²) < 4.78 is 6.37. The molecular weight excluding hydrogens is 322 g/mol. The van der Waals surface area contributed by atoms with Crippen LogP contribution in [0.4, 0.5) is 6.01 Å². The monoisotopic (exact) mass is 331 g/mol. The van der Waals surface area contributed by atoms with E-state index in [-0.39, 0.29) is 11.9 Å². The van der Waals surface area contributed by atoms with E-state index in [0.717, 1.165) is 4.47 Å². The summed E-state index contributed by atoms with van der Waals surface area (Å²) in [5.41, 5.74) is 1.69. The van der Waals surface area contributed by atoms with E-state index < -0.39 is 0 Å². The minimum Gasteiger partial charge on any atom is -0.423 e. The third kappa shape index (κ3) is 2.30. The molecule has 3 aromatic rings. The lowest BCUT2D eigenvalue weighted by atomic mass is 10.3. The summed E-state index contributed by atoms with van der Waals surface area (Å²) in [5.74, 6) is -0.274. The van der Waals surface area contributed by atoms with Gasteiger partial charge < -0.3 is 4.42 Å². The number of anilines is 1. The lowest BCUT2D eigenvalue weighted by Gasteiger charge is -2.11. The van der Waals surface area contributed by atoms with Crippen LogP contribution in [-0.4, -0.2) is 22.9 Å². The largest absolute Gasteiger partial charge is 0.423 e. The number of benzene rings is 1. The Morgan fingerprint density at radius 1 is 1.25 bits per heavy atom. The summed E-state index contributed by atoms with van der Waals surface area (Å²) in [6.07, 6.45) is 1.58. The molecule has 100 valence electrons. The molecule has 0 atom stereocenters. The Kier molecular flexibility index (Phi) is 3.23. The number of hydrogen-bond donors (Lipinski definition) is 0. The Labute approximate surface area is 123 Å². The van der Waals surface area contributed by atoms with Crippen LogP contribution in [0.25, 0.3) is 11.1 Å². The summed E-state index contributed by atoms with van der Waals surface area (Å²) >= 11 is 3.28. The van der Waals surface area contributed by atoms with E-state index >= 15 is 0 Å².